The maximum Gasteiger partial charge on any atom is 0.415 e. The van der Waals surface area contributed by atoms with Crippen LogP contribution in [0.4, 0.5) is 16.4 Å². The number of rotatable bonds is 9. The zero-order valence-electron chi connectivity index (χ0n) is 22.2. The molecule has 10 heteroatoms. The minimum absolute atomic E-state index is 0.0440. The first-order valence-electron chi connectivity index (χ1n) is 13.7. The summed E-state index contributed by atoms with van der Waals surface area (Å²) in [5, 5.41) is 6.13. The second kappa shape index (κ2) is 11.5. The zero-order chi connectivity index (χ0) is 27.5. The first kappa shape index (κ1) is 26.1. The number of nitrogens with two attached hydrogens (primary N) is 1. The minimum Gasteiger partial charge on any atom is -0.490 e. The SMILES string of the molecule is N[C@@H]1CC[C@@H](Oc2cccc(-c3cccc(CNCC[C@H]4CN(c5ccc6c(n5)NC(=O)CO6)C(=O)O4)c3)c2)C1. The van der Waals surface area contributed by atoms with Gasteiger partial charge in [0.25, 0.3) is 5.91 Å². The maximum absolute atomic E-state index is 12.5. The van der Waals surface area contributed by atoms with E-state index in [9.17, 15) is 9.59 Å². The third-order valence-corrected chi connectivity index (χ3v) is 7.41. The number of anilines is 2. The predicted molar refractivity (Wildman–Crippen MR) is 150 cm³/mol. The van der Waals surface area contributed by atoms with Crippen molar-refractivity contribution in [1.29, 1.82) is 0 Å². The quantitative estimate of drug-likeness (QED) is 0.348. The van der Waals surface area contributed by atoms with Crippen molar-refractivity contribution in [2.24, 2.45) is 5.73 Å². The molecule has 1 aliphatic carbocycles. The Morgan fingerprint density at radius 1 is 1.07 bits per heavy atom. The highest BCUT2D eigenvalue weighted by Crippen LogP contribution is 2.31. The van der Waals surface area contributed by atoms with E-state index < -0.39 is 6.09 Å². The van der Waals surface area contributed by atoms with E-state index in [-0.39, 0.29) is 30.8 Å². The first-order valence-corrected chi connectivity index (χ1v) is 13.7. The molecule has 40 heavy (non-hydrogen) atoms. The van der Waals surface area contributed by atoms with Gasteiger partial charge in [0.05, 0.1) is 6.54 Å². The van der Waals surface area contributed by atoms with Gasteiger partial charge in [0.15, 0.2) is 18.2 Å². The van der Waals surface area contributed by atoms with E-state index >= 15 is 0 Å². The smallest absolute Gasteiger partial charge is 0.415 e. The van der Waals surface area contributed by atoms with Gasteiger partial charge in [-0.15, -0.1) is 0 Å². The van der Waals surface area contributed by atoms with Crippen molar-refractivity contribution in [3.8, 4) is 22.6 Å². The Balaban J connectivity index is 0.997. The zero-order valence-corrected chi connectivity index (χ0v) is 22.2. The second-order valence-corrected chi connectivity index (χ2v) is 10.5. The number of hydrogen-bond acceptors (Lipinski definition) is 8. The number of ether oxygens (including phenoxy) is 3. The van der Waals surface area contributed by atoms with Crippen LogP contribution in [-0.4, -0.2) is 54.9 Å². The molecular weight excluding hydrogens is 510 g/mol. The molecule has 3 heterocycles. The van der Waals surface area contributed by atoms with Crippen molar-refractivity contribution in [1.82, 2.24) is 10.3 Å². The fraction of sp³-hybridized carbons (Fsp3) is 0.367. The number of carbonyl (C=O) groups excluding carboxylic acids is 2. The van der Waals surface area contributed by atoms with Crippen LogP contribution in [0.2, 0.25) is 0 Å². The summed E-state index contributed by atoms with van der Waals surface area (Å²) < 4.78 is 17.1. The third kappa shape index (κ3) is 6.03. The Morgan fingerprint density at radius 2 is 1.93 bits per heavy atom. The number of hydrogen-bond donors (Lipinski definition) is 3. The number of aromatic nitrogens is 1. The highest BCUT2D eigenvalue weighted by molar-refractivity contribution is 5.95. The Morgan fingerprint density at radius 3 is 2.77 bits per heavy atom. The van der Waals surface area contributed by atoms with Gasteiger partial charge < -0.3 is 30.6 Å². The third-order valence-electron chi connectivity index (χ3n) is 7.41. The van der Waals surface area contributed by atoms with E-state index in [0.29, 0.717) is 43.4 Å². The lowest BCUT2D eigenvalue weighted by Crippen LogP contribution is -2.29. The molecule has 1 saturated heterocycles. The molecule has 2 fully saturated rings. The lowest BCUT2D eigenvalue weighted by Gasteiger charge is -2.19. The standard InChI is InChI=1S/C30H33N5O5/c31-22-7-8-24(15-22)39-23-6-2-5-21(14-23)20-4-1-3-19(13-20)16-32-12-11-25-17-35(30(37)40-25)27-10-9-26-29(33-27)34-28(36)18-38-26/h1-6,9-10,13-14,22,24-25,32H,7-8,11-12,15-18,31H2,(H,33,34,36)/t22-,24-,25+/m1/s1. The summed E-state index contributed by atoms with van der Waals surface area (Å²) in [6, 6.07) is 20.3. The number of cyclic esters (lactones) is 1. The van der Waals surface area contributed by atoms with Gasteiger partial charge in [-0.25, -0.2) is 9.78 Å². The Bertz CT molecular complexity index is 1400. The fourth-order valence-corrected chi connectivity index (χ4v) is 5.34. The molecule has 3 aromatic rings. The maximum atomic E-state index is 12.5. The van der Waals surface area contributed by atoms with E-state index in [1.54, 1.807) is 12.1 Å². The molecular formula is C30H33N5O5. The van der Waals surface area contributed by atoms with E-state index in [4.69, 9.17) is 19.9 Å². The summed E-state index contributed by atoms with van der Waals surface area (Å²) in [5.41, 5.74) is 9.44. The molecule has 3 aliphatic rings. The van der Waals surface area contributed by atoms with Gasteiger partial charge in [-0.05, 0) is 79.3 Å². The van der Waals surface area contributed by atoms with Crippen molar-refractivity contribution in [2.45, 2.75) is 50.5 Å². The van der Waals surface area contributed by atoms with E-state index in [1.807, 2.05) is 12.1 Å². The molecule has 2 aliphatic heterocycles. The van der Waals surface area contributed by atoms with Gasteiger partial charge in [0, 0.05) is 12.6 Å². The number of amides is 2. The van der Waals surface area contributed by atoms with Crippen molar-refractivity contribution < 1.29 is 23.8 Å². The summed E-state index contributed by atoms with van der Waals surface area (Å²) in [6.45, 7) is 1.73. The van der Waals surface area contributed by atoms with Gasteiger partial charge in [0.1, 0.15) is 23.8 Å². The molecule has 0 unspecified atom stereocenters. The molecule has 1 aromatic heterocycles. The van der Waals surface area contributed by atoms with Crippen LogP contribution in [0.3, 0.4) is 0 Å². The van der Waals surface area contributed by atoms with E-state index in [0.717, 1.165) is 41.7 Å². The van der Waals surface area contributed by atoms with Gasteiger partial charge in [-0.1, -0.05) is 30.3 Å². The van der Waals surface area contributed by atoms with Crippen LogP contribution in [0.5, 0.6) is 11.5 Å². The predicted octanol–water partition coefficient (Wildman–Crippen LogP) is 3.84. The van der Waals surface area contributed by atoms with Crippen molar-refractivity contribution in [3.63, 3.8) is 0 Å². The summed E-state index contributed by atoms with van der Waals surface area (Å²) in [6.07, 6.45) is 3.08. The van der Waals surface area contributed by atoms with Gasteiger partial charge in [0.2, 0.25) is 0 Å². The molecule has 6 rings (SSSR count). The van der Waals surface area contributed by atoms with E-state index in [2.05, 4.69) is 52.0 Å². The lowest BCUT2D eigenvalue weighted by atomic mass is 10.0. The molecule has 2 aromatic carbocycles. The van der Waals surface area contributed by atoms with Crippen LogP contribution >= 0.6 is 0 Å². The average Bonchev–Trinajstić information content (AvgIpc) is 3.55. The summed E-state index contributed by atoms with van der Waals surface area (Å²) in [5.74, 6) is 1.82. The second-order valence-electron chi connectivity index (χ2n) is 10.5. The summed E-state index contributed by atoms with van der Waals surface area (Å²) >= 11 is 0. The van der Waals surface area contributed by atoms with Crippen molar-refractivity contribution in [2.75, 3.05) is 29.9 Å². The van der Waals surface area contributed by atoms with E-state index in [1.165, 1.54) is 4.90 Å². The topological polar surface area (TPSA) is 128 Å². The van der Waals surface area contributed by atoms with Crippen LogP contribution in [0.25, 0.3) is 11.1 Å². The largest absolute Gasteiger partial charge is 0.490 e. The van der Waals surface area contributed by atoms with Crippen molar-refractivity contribution >= 4 is 23.6 Å². The Kier molecular flexibility index (Phi) is 7.52. The molecule has 10 nitrogen and oxygen atoms in total. The molecule has 3 atom stereocenters. The van der Waals surface area contributed by atoms with Crippen LogP contribution in [0, 0.1) is 0 Å². The number of nitrogens with one attached hydrogen (secondary N) is 2. The molecule has 0 radical (unpaired) electrons. The molecule has 2 amide bonds. The van der Waals surface area contributed by atoms with Gasteiger partial charge in [-0.2, -0.15) is 0 Å². The highest BCUT2D eigenvalue weighted by Gasteiger charge is 2.33. The monoisotopic (exact) mass is 543 g/mol. The molecule has 4 N–H and O–H groups in total. The minimum atomic E-state index is -0.449. The lowest BCUT2D eigenvalue weighted by molar-refractivity contribution is -0.118. The van der Waals surface area contributed by atoms with Crippen LogP contribution < -0.4 is 30.7 Å². The number of pyridine rings is 1. The molecule has 1 saturated carbocycles. The van der Waals surface area contributed by atoms with Crippen LogP contribution in [0.1, 0.15) is 31.2 Å². The Labute approximate surface area is 232 Å². The highest BCUT2D eigenvalue weighted by atomic mass is 16.6. The molecule has 208 valence electrons. The number of benzene rings is 2. The van der Waals surface area contributed by atoms with Crippen LogP contribution in [0.15, 0.2) is 60.7 Å². The number of nitrogens with zero attached hydrogens (tertiary/aromatic N) is 2. The molecule has 0 bridgehead atoms. The summed E-state index contributed by atoms with van der Waals surface area (Å²) in [4.78, 5) is 29.9. The van der Waals surface area contributed by atoms with Gasteiger partial charge in [-0.3, -0.25) is 9.69 Å². The molecule has 0 spiro atoms. The van der Waals surface area contributed by atoms with Crippen LogP contribution in [-0.2, 0) is 16.1 Å². The van der Waals surface area contributed by atoms with Crippen molar-refractivity contribution in [3.05, 3.63) is 66.2 Å². The average molecular weight is 544 g/mol. The fourth-order valence-electron chi connectivity index (χ4n) is 5.34. The Hall–Kier alpha value is -4.15. The normalized spacial score (nSPS) is 21.9. The number of fused-ring (bicyclic) bond motifs is 1. The first-order chi connectivity index (χ1) is 19.5. The van der Waals surface area contributed by atoms with Gasteiger partial charge >= 0.3 is 6.09 Å². The summed E-state index contributed by atoms with van der Waals surface area (Å²) in [7, 11) is 0. The number of carbonyl (C=O) groups is 2.